The number of aromatic nitrogens is 2. The van der Waals surface area contributed by atoms with Gasteiger partial charge in [-0.25, -0.2) is 9.97 Å². The van der Waals surface area contributed by atoms with Gasteiger partial charge in [0.15, 0.2) is 0 Å². The summed E-state index contributed by atoms with van der Waals surface area (Å²) in [4.78, 5) is 8.90. The average molecular weight is 219 g/mol. The first-order valence-electron chi connectivity index (χ1n) is 6.28. The number of nitrogens with one attached hydrogen (secondary N) is 1. The van der Waals surface area contributed by atoms with Crippen LogP contribution in [0.5, 0.6) is 0 Å². The molecule has 3 heteroatoms. The lowest BCUT2D eigenvalue weighted by Crippen LogP contribution is -2.34. The summed E-state index contributed by atoms with van der Waals surface area (Å²) < 4.78 is 0. The molecule has 16 heavy (non-hydrogen) atoms. The van der Waals surface area contributed by atoms with Crippen LogP contribution in [0.2, 0.25) is 0 Å². The topological polar surface area (TPSA) is 37.8 Å². The van der Waals surface area contributed by atoms with E-state index in [-0.39, 0.29) is 0 Å². The van der Waals surface area contributed by atoms with Gasteiger partial charge in [0.25, 0.3) is 0 Å². The quantitative estimate of drug-likeness (QED) is 0.846. The Kier molecular flexibility index (Phi) is 3.88. The SMILES string of the molecule is Cc1cnc(CCC2CCCCN2)nc1C. The molecule has 0 aliphatic carbocycles. The van der Waals surface area contributed by atoms with Crippen molar-refractivity contribution in [2.24, 2.45) is 0 Å². The fourth-order valence-electron chi connectivity index (χ4n) is 2.17. The predicted molar refractivity (Wildman–Crippen MR) is 65.5 cm³/mol. The number of hydrogen-bond donors (Lipinski definition) is 1. The molecule has 0 aromatic carbocycles. The maximum Gasteiger partial charge on any atom is 0.128 e. The molecule has 1 aromatic heterocycles. The Balaban J connectivity index is 1.86. The van der Waals surface area contributed by atoms with E-state index in [9.17, 15) is 0 Å². The molecule has 0 amide bonds. The van der Waals surface area contributed by atoms with Crippen molar-refractivity contribution in [3.63, 3.8) is 0 Å². The first kappa shape index (κ1) is 11.5. The maximum atomic E-state index is 4.52. The standard InChI is InChI=1S/C13H21N3/c1-10-9-15-13(16-11(10)2)7-6-12-5-3-4-8-14-12/h9,12,14H,3-8H2,1-2H3. The first-order chi connectivity index (χ1) is 7.75. The molecular weight excluding hydrogens is 198 g/mol. The van der Waals surface area contributed by atoms with Crippen molar-refractivity contribution in [1.82, 2.24) is 15.3 Å². The van der Waals surface area contributed by atoms with Crippen LogP contribution in [0.3, 0.4) is 0 Å². The van der Waals surface area contributed by atoms with E-state index in [1.807, 2.05) is 6.20 Å². The summed E-state index contributed by atoms with van der Waals surface area (Å²) in [5.74, 6) is 0.996. The second-order valence-corrected chi connectivity index (χ2v) is 4.74. The van der Waals surface area contributed by atoms with E-state index in [4.69, 9.17) is 0 Å². The Morgan fingerprint density at radius 2 is 2.25 bits per heavy atom. The number of piperidine rings is 1. The molecular formula is C13H21N3. The highest BCUT2D eigenvalue weighted by Crippen LogP contribution is 2.12. The third-order valence-corrected chi connectivity index (χ3v) is 3.40. The molecule has 0 bridgehead atoms. The Labute approximate surface area is 97.7 Å². The summed E-state index contributed by atoms with van der Waals surface area (Å²) in [7, 11) is 0. The van der Waals surface area contributed by atoms with E-state index < -0.39 is 0 Å². The third kappa shape index (κ3) is 3.01. The minimum atomic E-state index is 0.680. The molecule has 2 rings (SSSR count). The fraction of sp³-hybridized carbons (Fsp3) is 0.692. The van der Waals surface area contributed by atoms with Gasteiger partial charge in [0.1, 0.15) is 5.82 Å². The van der Waals surface area contributed by atoms with Crippen LogP contribution < -0.4 is 5.32 Å². The zero-order chi connectivity index (χ0) is 11.4. The monoisotopic (exact) mass is 219 g/mol. The smallest absolute Gasteiger partial charge is 0.128 e. The summed E-state index contributed by atoms with van der Waals surface area (Å²) in [6, 6.07) is 0.680. The molecule has 1 aliphatic heterocycles. The Morgan fingerprint density at radius 3 is 2.94 bits per heavy atom. The van der Waals surface area contributed by atoms with Gasteiger partial charge in [-0.2, -0.15) is 0 Å². The van der Waals surface area contributed by atoms with Crippen LogP contribution in [0.4, 0.5) is 0 Å². The van der Waals surface area contributed by atoms with Crippen molar-refractivity contribution in [3.05, 3.63) is 23.3 Å². The Hall–Kier alpha value is -0.960. The van der Waals surface area contributed by atoms with Crippen LogP contribution in [0.1, 0.15) is 42.8 Å². The molecule has 1 aromatic rings. The molecule has 1 aliphatic rings. The van der Waals surface area contributed by atoms with Gasteiger partial charge in [0.2, 0.25) is 0 Å². The van der Waals surface area contributed by atoms with E-state index in [0.29, 0.717) is 6.04 Å². The van der Waals surface area contributed by atoms with Gasteiger partial charge in [0.05, 0.1) is 0 Å². The molecule has 1 unspecified atom stereocenters. The molecule has 2 heterocycles. The molecule has 0 radical (unpaired) electrons. The van der Waals surface area contributed by atoms with E-state index in [1.54, 1.807) is 0 Å². The van der Waals surface area contributed by atoms with E-state index in [0.717, 1.165) is 17.9 Å². The van der Waals surface area contributed by atoms with Gasteiger partial charge < -0.3 is 5.32 Å². The van der Waals surface area contributed by atoms with Crippen LogP contribution in [-0.4, -0.2) is 22.6 Å². The first-order valence-corrected chi connectivity index (χ1v) is 6.28. The largest absolute Gasteiger partial charge is 0.314 e. The summed E-state index contributed by atoms with van der Waals surface area (Å²) >= 11 is 0. The summed E-state index contributed by atoms with van der Waals surface area (Å²) in [5, 5.41) is 3.56. The lowest BCUT2D eigenvalue weighted by Gasteiger charge is -2.23. The minimum Gasteiger partial charge on any atom is -0.314 e. The minimum absolute atomic E-state index is 0.680. The third-order valence-electron chi connectivity index (χ3n) is 3.40. The summed E-state index contributed by atoms with van der Waals surface area (Å²) in [6.45, 7) is 5.29. The van der Waals surface area contributed by atoms with Crippen molar-refractivity contribution < 1.29 is 0 Å². The number of aryl methyl sites for hydroxylation is 3. The molecule has 1 saturated heterocycles. The van der Waals surface area contributed by atoms with E-state index in [1.165, 1.54) is 37.8 Å². The Bertz CT molecular complexity index is 343. The molecule has 0 spiro atoms. The molecule has 88 valence electrons. The Morgan fingerprint density at radius 1 is 1.38 bits per heavy atom. The second kappa shape index (κ2) is 5.39. The zero-order valence-electron chi connectivity index (χ0n) is 10.3. The molecule has 3 nitrogen and oxygen atoms in total. The fourth-order valence-corrected chi connectivity index (χ4v) is 2.17. The van der Waals surface area contributed by atoms with Crippen LogP contribution in [-0.2, 0) is 6.42 Å². The summed E-state index contributed by atoms with van der Waals surface area (Å²) in [6.07, 6.45) is 8.11. The highest BCUT2D eigenvalue weighted by Gasteiger charge is 2.12. The van der Waals surface area contributed by atoms with Crippen LogP contribution in [0.15, 0.2) is 6.20 Å². The number of hydrogen-bond acceptors (Lipinski definition) is 3. The summed E-state index contributed by atoms with van der Waals surface area (Å²) in [5.41, 5.74) is 2.29. The van der Waals surface area contributed by atoms with E-state index in [2.05, 4.69) is 29.1 Å². The molecule has 1 fully saturated rings. The molecule has 1 atom stereocenters. The zero-order valence-corrected chi connectivity index (χ0v) is 10.3. The normalized spacial score (nSPS) is 21.0. The highest BCUT2D eigenvalue weighted by atomic mass is 14.9. The lowest BCUT2D eigenvalue weighted by molar-refractivity contribution is 0.380. The molecule has 0 saturated carbocycles. The van der Waals surface area contributed by atoms with Gasteiger partial charge in [-0.15, -0.1) is 0 Å². The van der Waals surface area contributed by atoms with Crippen molar-refractivity contribution in [3.8, 4) is 0 Å². The number of nitrogens with zero attached hydrogens (tertiary/aromatic N) is 2. The van der Waals surface area contributed by atoms with Crippen molar-refractivity contribution in [2.75, 3.05) is 6.54 Å². The lowest BCUT2D eigenvalue weighted by atomic mass is 10.0. The van der Waals surface area contributed by atoms with Crippen LogP contribution in [0.25, 0.3) is 0 Å². The van der Waals surface area contributed by atoms with Gasteiger partial charge in [-0.05, 0) is 45.2 Å². The van der Waals surface area contributed by atoms with Crippen molar-refractivity contribution in [1.29, 1.82) is 0 Å². The number of rotatable bonds is 3. The van der Waals surface area contributed by atoms with Crippen LogP contribution in [0, 0.1) is 13.8 Å². The van der Waals surface area contributed by atoms with Gasteiger partial charge in [-0.3, -0.25) is 0 Å². The van der Waals surface area contributed by atoms with Gasteiger partial charge in [-0.1, -0.05) is 6.42 Å². The average Bonchev–Trinajstić information content (AvgIpc) is 2.32. The molecule has 1 N–H and O–H groups in total. The maximum absolute atomic E-state index is 4.52. The second-order valence-electron chi connectivity index (χ2n) is 4.74. The highest BCUT2D eigenvalue weighted by molar-refractivity contribution is 5.13. The van der Waals surface area contributed by atoms with Crippen LogP contribution >= 0.6 is 0 Å². The van der Waals surface area contributed by atoms with Crippen molar-refractivity contribution in [2.45, 2.75) is 52.0 Å². The predicted octanol–water partition coefficient (Wildman–Crippen LogP) is 2.17. The van der Waals surface area contributed by atoms with Crippen molar-refractivity contribution >= 4 is 0 Å². The van der Waals surface area contributed by atoms with Gasteiger partial charge in [0, 0.05) is 24.4 Å². The van der Waals surface area contributed by atoms with E-state index >= 15 is 0 Å². The van der Waals surface area contributed by atoms with Gasteiger partial charge >= 0.3 is 0 Å².